The van der Waals surface area contributed by atoms with Gasteiger partial charge < -0.3 is 20.7 Å². The molecule has 3 amide bonds. The number of benzene rings is 1. The molecule has 0 aromatic heterocycles. The van der Waals surface area contributed by atoms with Crippen molar-refractivity contribution >= 4 is 17.9 Å². The van der Waals surface area contributed by atoms with Gasteiger partial charge in [-0.05, 0) is 51.7 Å². The summed E-state index contributed by atoms with van der Waals surface area (Å²) in [4.78, 5) is 36.3. The number of carbonyl (C=O) groups is 3. The van der Waals surface area contributed by atoms with Gasteiger partial charge in [-0.1, -0.05) is 32.0 Å². The standard InChI is InChI=1S/C21H33N3O4/c1-14(2)11-16(12-23-20(27)28-21(4,5)6)24-18(25)13-22-19(26)17-10-8-7-9-15(17)3/h7-10,14,16H,11-13H2,1-6H3,(H,22,26)(H,23,27)(H,24,25)/t16-/m0/s1. The van der Waals surface area contributed by atoms with E-state index in [1.807, 2.05) is 32.9 Å². The lowest BCUT2D eigenvalue weighted by Crippen LogP contribution is -2.48. The highest BCUT2D eigenvalue weighted by Crippen LogP contribution is 2.08. The second-order valence-electron chi connectivity index (χ2n) is 8.27. The molecular weight excluding hydrogens is 358 g/mol. The third-order valence-electron chi connectivity index (χ3n) is 3.81. The predicted octanol–water partition coefficient (Wildman–Crippen LogP) is 2.78. The molecule has 0 radical (unpaired) electrons. The molecule has 0 aliphatic carbocycles. The molecular formula is C21H33N3O4. The monoisotopic (exact) mass is 391 g/mol. The molecule has 3 N–H and O–H groups in total. The van der Waals surface area contributed by atoms with Crippen LogP contribution in [0.5, 0.6) is 0 Å². The molecule has 0 saturated carbocycles. The molecule has 0 aliphatic rings. The highest BCUT2D eigenvalue weighted by Gasteiger charge is 2.19. The van der Waals surface area contributed by atoms with E-state index >= 15 is 0 Å². The summed E-state index contributed by atoms with van der Waals surface area (Å²) in [7, 11) is 0. The van der Waals surface area contributed by atoms with Crippen molar-refractivity contribution in [2.45, 2.75) is 59.6 Å². The molecule has 1 atom stereocenters. The lowest BCUT2D eigenvalue weighted by atomic mass is 10.0. The van der Waals surface area contributed by atoms with Gasteiger partial charge in [-0.25, -0.2) is 4.79 Å². The fourth-order valence-corrected chi connectivity index (χ4v) is 2.65. The summed E-state index contributed by atoms with van der Waals surface area (Å²) >= 11 is 0. The molecule has 0 unspecified atom stereocenters. The SMILES string of the molecule is Cc1ccccc1C(=O)NCC(=O)N[C@H](CNC(=O)OC(C)(C)C)CC(C)C. The first-order valence-electron chi connectivity index (χ1n) is 9.58. The minimum atomic E-state index is -0.583. The van der Waals surface area contributed by atoms with Crippen LogP contribution in [0, 0.1) is 12.8 Å². The van der Waals surface area contributed by atoms with Gasteiger partial charge in [-0.3, -0.25) is 9.59 Å². The lowest BCUT2D eigenvalue weighted by Gasteiger charge is -2.23. The summed E-state index contributed by atoms with van der Waals surface area (Å²) in [5.41, 5.74) is 0.807. The molecule has 7 nitrogen and oxygen atoms in total. The van der Waals surface area contributed by atoms with E-state index in [9.17, 15) is 14.4 Å². The van der Waals surface area contributed by atoms with Crippen molar-refractivity contribution in [3.63, 3.8) is 0 Å². The summed E-state index contributed by atoms with van der Waals surface area (Å²) in [6.07, 6.45) is 0.163. The Morgan fingerprint density at radius 3 is 2.29 bits per heavy atom. The van der Waals surface area contributed by atoms with Crippen LogP contribution in [0.3, 0.4) is 0 Å². The second-order valence-corrected chi connectivity index (χ2v) is 8.27. The van der Waals surface area contributed by atoms with Crippen LogP contribution in [0.1, 0.15) is 57.0 Å². The van der Waals surface area contributed by atoms with Crippen molar-refractivity contribution in [2.24, 2.45) is 5.92 Å². The molecule has 0 fully saturated rings. The third-order valence-corrected chi connectivity index (χ3v) is 3.81. The zero-order valence-corrected chi connectivity index (χ0v) is 17.7. The van der Waals surface area contributed by atoms with E-state index in [-0.39, 0.29) is 30.9 Å². The number of aryl methyl sites for hydroxylation is 1. The molecule has 1 aromatic rings. The van der Waals surface area contributed by atoms with E-state index in [1.54, 1.807) is 32.9 Å². The van der Waals surface area contributed by atoms with Crippen molar-refractivity contribution in [1.29, 1.82) is 0 Å². The summed E-state index contributed by atoms with van der Waals surface area (Å²) in [6, 6.07) is 6.94. The van der Waals surface area contributed by atoms with Crippen LogP contribution in [0.25, 0.3) is 0 Å². The zero-order chi connectivity index (χ0) is 21.3. The molecule has 156 valence electrons. The average Bonchev–Trinajstić information content (AvgIpc) is 2.56. The Balaban J connectivity index is 2.54. The second kappa shape index (κ2) is 10.7. The normalized spacial score (nSPS) is 12.2. The quantitative estimate of drug-likeness (QED) is 0.635. The summed E-state index contributed by atoms with van der Waals surface area (Å²) in [5, 5.41) is 8.18. The minimum Gasteiger partial charge on any atom is -0.444 e. The Labute approximate surface area is 167 Å². The molecule has 0 spiro atoms. The number of alkyl carbamates (subject to hydrolysis) is 1. The van der Waals surface area contributed by atoms with Gasteiger partial charge in [0.2, 0.25) is 5.91 Å². The molecule has 0 heterocycles. The van der Waals surface area contributed by atoms with E-state index in [2.05, 4.69) is 16.0 Å². The number of nitrogens with one attached hydrogen (secondary N) is 3. The zero-order valence-electron chi connectivity index (χ0n) is 17.7. The number of hydrogen-bond acceptors (Lipinski definition) is 4. The van der Waals surface area contributed by atoms with Crippen LogP contribution in [-0.2, 0) is 9.53 Å². The Kier molecular flexibility index (Phi) is 8.96. The smallest absolute Gasteiger partial charge is 0.407 e. The first kappa shape index (κ1) is 23.5. The van der Waals surface area contributed by atoms with Crippen molar-refractivity contribution in [3.8, 4) is 0 Å². The van der Waals surface area contributed by atoms with E-state index in [4.69, 9.17) is 4.74 Å². The predicted molar refractivity (Wildman–Crippen MR) is 109 cm³/mol. The van der Waals surface area contributed by atoms with Crippen molar-refractivity contribution < 1.29 is 19.1 Å². The summed E-state index contributed by atoms with van der Waals surface area (Å²) < 4.78 is 5.22. The van der Waals surface area contributed by atoms with E-state index in [0.717, 1.165) is 5.56 Å². The van der Waals surface area contributed by atoms with E-state index in [0.29, 0.717) is 17.9 Å². The van der Waals surface area contributed by atoms with Gasteiger partial charge in [0.15, 0.2) is 0 Å². The molecule has 0 aliphatic heterocycles. The van der Waals surface area contributed by atoms with Crippen LogP contribution in [0.4, 0.5) is 4.79 Å². The van der Waals surface area contributed by atoms with Crippen molar-refractivity contribution in [1.82, 2.24) is 16.0 Å². The minimum absolute atomic E-state index is 0.131. The number of hydrogen-bond donors (Lipinski definition) is 3. The van der Waals surface area contributed by atoms with Gasteiger partial charge in [0, 0.05) is 18.2 Å². The molecule has 7 heteroatoms. The van der Waals surface area contributed by atoms with E-state index in [1.165, 1.54) is 0 Å². The summed E-state index contributed by atoms with van der Waals surface area (Å²) in [5.74, 6) is -0.272. The molecule has 1 aromatic carbocycles. The molecule has 28 heavy (non-hydrogen) atoms. The largest absolute Gasteiger partial charge is 0.444 e. The maximum Gasteiger partial charge on any atom is 0.407 e. The number of rotatable bonds is 8. The van der Waals surface area contributed by atoms with Crippen molar-refractivity contribution in [2.75, 3.05) is 13.1 Å². The average molecular weight is 392 g/mol. The number of carbonyl (C=O) groups excluding carboxylic acids is 3. The Bertz CT molecular complexity index is 680. The lowest BCUT2D eigenvalue weighted by molar-refractivity contribution is -0.120. The van der Waals surface area contributed by atoms with Crippen LogP contribution in [0.15, 0.2) is 24.3 Å². The van der Waals surface area contributed by atoms with Crippen LogP contribution in [-0.4, -0.2) is 42.6 Å². The fraction of sp³-hybridized carbons (Fsp3) is 0.571. The number of ether oxygens (including phenoxy) is 1. The molecule has 1 rings (SSSR count). The first-order chi connectivity index (χ1) is 13.0. The van der Waals surface area contributed by atoms with Gasteiger partial charge in [-0.2, -0.15) is 0 Å². The van der Waals surface area contributed by atoms with Gasteiger partial charge in [-0.15, -0.1) is 0 Å². The van der Waals surface area contributed by atoms with Gasteiger partial charge in [0.1, 0.15) is 5.60 Å². The molecule has 0 bridgehead atoms. The van der Waals surface area contributed by atoms with E-state index < -0.39 is 11.7 Å². The fourth-order valence-electron chi connectivity index (χ4n) is 2.65. The first-order valence-corrected chi connectivity index (χ1v) is 9.58. The highest BCUT2D eigenvalue weighted by molar-refractivity contribution is 5.97. The Morgan fingerprint density at radius 2 is 1.71 bits per heavy atom. The third kappa shape index (κ3) is 9.39. The Hall–Kier alpha value is -2.57. The topological polar surface area (TPSA) is 96.5 Å². The van der Waals surface area contributed by atoms with Crippen molar-refractivity contribution in [3.05, 3.63) is 35.4 Å². The van der Waals surface area contributed by atoms with Gasteiger partial charge in [0.25, 0.3) is 5.91 Å². The van der Waals surface area contributed by atoms with Gasteiger partial charge >= 0.3 is 6.09 Å². The summed E-state index contributed by atoms with van der Waals surface area (Å²) in [6.45, 7) is 11.4. The maximum absolute atomic E-state index is 12.3. The van der Waals surface area contributed by atoms with Crippen LogP contribution < -0.4 is 16.0 Å². The van der Waals surface area contributed by atoms with Gasteiger partial charge in [0.05, 0.1) is 6.54 Å². The Morgan fingerprint density at radius 1 is 1.07 bits per heavy atom. The van der Waals surface area contributed by atoms with Crippen LogP contribution in [0.2, 0.25) is 0 Å². The maximum atomic E-state index is 12.3. The highest BCUT2D eigenvalue weighted by atomic mass is 16.6. The number of amides is 3. The molecule has 0 saturated heterocycles. The van der Waals surface area contributed by atoms with Crippen LogP contribution >= 0.6 is 0 Å².